The van der Waals surface area contributed by atoms with E-state index >= 15 is 0 Å². The van der Waals surface area contributed by atoms with Crippen LogP contribution in [0.5, 0.6) is 0 Å². The Bertz CT molecular complexity index is 1350. The van der Waals surface area contributed by atoms with Gasteiger partial charge < -0.3 is 15.2 Å². The normalized spacial score (nSPS) is 17.3. The first-order chi connectivity index (χ1) is 15.3. The Morgan fingerprint density at radius 1 is 1.28 bits per heavy atom. The number of amides is 2. The molecule has 166 valence electrons. The molecule has 0 unspecified atom stereocenters. The number of aromatic nitrogens is 2. The third-order valence-corrected chi connectivity index (χ3v) is 7.45. The molecule has 2 amide bonds. The lowest BCUT2D eigenvalue weighted by atomic mass is 10.1. The van der Waals surface area contributed by atoms with E-state index in [1.165, 1.54) is 12.1 Å². The molecule has 2 N–H and O–H groups in total. The molecule has 0 spiro atoms. The summed E-state index contributed by atoms with van der Waals surface area (Å²) in [6, 6.07) is 7.75. The second-order valence-electron chi connectivity index (χ2n) is 7.99. The number of nitrogens with one attached hydrogen (secondary N) is 2. The van der Waals surface area contributed by atoms with Gasteiger partial charge in [-0.1, -0.05) is 11.2 Å². The van der Waals surface area contributed by atoms with E-state index in [2.05, 4.69) is 20.8 Å². The van der Waals surface area contributed by atoms with Crippen molar-refractivity contribution < 1.29 is 22.5 Å². The number of anilines is 1. The highest BCUT2D eigenvalue weighted by Gasteiger charge is 2.30. The maximum absolute atomic E-state index is 13.2. The second kappa shape index (κ2) is 7.68. The molecule has 1 saturated heterocycles. The molecular formula is C21H21N5O5S. The Labute approximate surface area is 184 Å². The smallest absolute Gasteiger partial charge is 0.259 e. The van der Waals surface area contributed by atoms with E-state index < -0.39 is 15.9 Å². The topological polar surface area (TPSA) is 134 Å². The summed E-state index contributed by atoms with van der Waals surface area (Å²) in [6.07, 6.45) is 2.03. The third kappa shape index (κ3) is 3.73. The Kier molecular flexibility index (Phi) is 4.94. The first-order valence-electron chi connectivity index (χ1n) is 10.3. The molecule has 3 heterocycles. The van der Waals surface area contributed by atoms with Crippen molar-refractivity contribution in [3.63, 3.8) is 0 Å². The molecule has 3 aromatic rings. The Balaban J connectivity index is 1.45. The van der Waals surface area contributed by atoms with E-state index in [1.807, 2.05) is 0 Å². The summed E-state index contributed by atoms with van der Waals surface area (Å²) in [4.78, 5) is 29.3. The van der Waals surface area contributed by atoms with Crippen LogP contribution in [0.2, 0.25) is 0 Å². The summed E-state index contributed by atoms with van der Waals surface area (Å²) in [7, 11) is -3.87. The number of carbonyl (C=O) groups excluding carboxylic acids is 2. The van der Waals surface area contributed by atoms with Gasteiger partial charge in [-0.05, 0) is 44.0 Å². The second-order valence-corrected chi connectivity index (χ2v) is 9.93. The molecule has 32 heavy (non-hydrogen) atoms. The van der Waals surface area contributed by atoms with Crippen LogP contribution in [0.25, 0.3) is 11.1 Å². The molecule has 2 fully saturated rings. The standard InChI is InChI=1S/C21H21N5O5S/c1-12-19-16(10-17(13-5-6-13)24-21(19)31-25-12)20(28)23-14-3-2-4-15(9-14)32(29,30)26-8-7-22-18(27)11-26/h2-4,9-10,13H,5-8,11H2,1H3,(H,22,27)(H,23,28). The van der Waals surface area contributed by atoms with E-state index in [9.17, 15) is 18.0 Å². The SMILES string of the molecule is Cc1noc2nc(C3CC3)cc(C(=O)Nc3cccc(S(=O)(=O)N4CCNC(=O)C4)c3)c12. The Morgan fingerprint density at radius 3 is 2.84 bits per heavy atom. The number of pyridine rings is 1. The van der Waals surface area contributed by atoms with Crippen molar-refractivity contribution in [1.29, 1.82) is 0 Å². The van der Waals surface area contributed by atoms with Gasteiger partial charge >= 0.3 is 0 Å². The van der Waals surface area contributed by atoms with Gasteiger partial charge in [0.05, 0.1) is 28.1 Å². The third-order valence-electron chi connectivity index (χ3n) is 5.61. The van der Waals surface area contributed by atoms with Gasteiger partial charge in [0.15, 0.2) is 0 Å². The summed E-state index contributed by atoms with van der Waals surface area (Å²) >= 11 is 0. The zero-order valence-corrected chi connectivity index (χ0v) is 18.1. The van der Waals surface area contributed by atoms with Gasteiger partial charge in [-0.3, -0.25) is 9.59 Å². The number of aryl methyl sites for hydroxylation is 1. The van der Waals surface area contributed by atoms with Crippen LogP contribution in [0, 0.1) is 6.92 Å². The molecule has 1 saturated carbocycles. The van der Waals surface area contributed by atoms with Crippen LogP contribution in [0.3, 0.4) is 0 Å². The summed E-state index contributed by atoms with van der Waals surface area (Å²) < 4.78 is 32.3. The highest BCUT2D eigenvalue weighted by atomic mass is 32.2. The largest absolute Gasteiger partial charge is 0.354 e. The van der Waals surface area contributed by atoms with E-state index in [-0.39, 0.29) is 30.4 Å². The Morgan fingerprint density at radius 2 is 2.09 bits per heavy atom. The quantitative estimate of drug-likeness (QED) is 0.599. The summed E-state index contributed by atoms with van der Waals surface area (Å²) in [5.74, 6) is -0.439. The fraction of sp³-hybridized carbons (Fsp3) is 0.333. The highest BCUT2D eigenvalue weighted by Crippen LogP contribution is 2.40. The zero-order valence-electron chi connectivity index (χ0n) is 17.3. The van der Waals surface area contributed by atoms with Gasteiger partial charge in [-0.15, -0.1) is 0 Å². The lowest BCUT2D eigenvalue weighted by molar-refractivity contribution is -0.122. The van der Waals surface area contributed by atoms with E-state index in [1.54, 1.807) is 25.1 Å². The minimum atomic E-state index is -3.87. The van der Waals surface area contributed by atoms with Gasteiger partial charge in [0.1, 0.15) is 0 Å². The highest BCUT2D eigenvalue weighted by molar-refractivity contribution is 7.89. The molecule has 2 aliphatic rings. The molecule has 0 atom stereocenters. The maximum Gasteiger partial charge on any atom is 0.259 e. The first kappa shape index (κ1) is 20.6. The zero-order chi connectivity index (χ0) is 22.5. The average Bonchev–Trinajstić information content (AvgIpc) is 3.56. The predicted molar refractivity (Wildman–Crippen MR) is 115 cm³/mol. The molecule has 0 radical (unpaired) electrons. The van der Waals surface area contributed by atoms with Gasteiger partial charge in [0.2, 0.25) is 15.9 Å². The van der Waals surface area contributed by atoms with Crippen molar-refractivity contribution in [2.24, 2.45) is 0 Å². The van der Waals surface area contributed by atoms with Crippen LogP contribution in [0.1, 0.15) is 40.5 Å². The van der Waals surface area contributed by atoms with Crippen LogP contribution < -0.4 is 10.6 Å². The molecule has 5 rings (SSSR count). The maximum atomic E-state index is 13.2. The van der Waals surface area contributed by atoms with Crippen molar-refractivity contribution in [2.75, 3.05) is 25.0 Å². The molecule has 1 aromatic carbocycles. The molecule has 11 heteroatoms. The van der Waals surface area contributed by atoms with Gasteiger partial charge in [-0.25, -0.2) is 13.4 Å². The van der Waals surface area contributed by atoms with Crippen LogP contribution in [-0.4, -0.2) is 54.3 Å². The number of rotatable bonds is 5. The minimum absolute atomic E-state index is 0.00435. The number of hydrogen-bond donors (Lipinski definition) is 2. The van der Waals surface area contributed by atoms with E-state index in [0.29, 0.717) is 34.0 Å². The number of piperazine rings is 1. The van der Waals surface area contributed by atoms with Crippen LogP contribution >= 0.6 is 0 Å². The number of sulfonamides is 1. The number of hydrogen-bond acceptors (Lipinski definition) is 7. The van der Waals surface area contributed by atoms with Gasteiger partial charge in [-0.2, -0.15) is 4.31 Å². The molecule has 10 nitrogen and oxygen atoms in total. The van der Waals surface area contributed by atoms with Crippen molar-refractivity contribution in [3.8, 4) is 0 Å². The molecule has 1 aliphatic carbocycles. The average molecular weight is 455 g/mol. The van der Waals surface area contributed by atoms with Gasteiger partial charge in [0, 0.05) is 30.4 Å². The number of fused-ring (bicyclic) bond motifs is 1. The summed E-state index contributed by atoms with van der Waals surface area (Å²) in [5.41, 5.74) is 2.37. The number of nitrogens with zero attached hydrogens (tertiary/aromatic N) is 3. The predicted octanol–water partition coefficient (Wildman–Crippen LogP) is 1.78. The monoisotopic (exact) mass is 455 g/mol. The van der Waals surface area contributed by atoms with Gasteiger partial charge in [0.25, 0.3) is 11.6 Å². The van der Waals surface area contributed by atoms with Crippen molar-refractivity contribution in [3.05, 3.63) is 47.3 Å². The number of carbonyl (C=O) groups is 2. The fourth-order valence-electron chi connectivity index (χ4n) is 3.78. The lowest BCUT2D eigenvalue weighted by Crippen LogP contribution is -2.49. The van der Waals surface area contributed by atoms with Crippen molar-refractivity contribution in [1.82, 2.24) is 19.8 Å². The minimum Gasteiger partial charge on any atom is -0.354 e. The van der Waals surface area contributed by atoms with Crippen molar-refractivity contribution in [2.45, 2.75) is 30.6 Å². The molecular weight excluding hydrogens is 434 g/mol. The molecule has 0 bridgehead atoms. The number of benzene rings is 1. The first-order valence-corrected chi connectivity index (χ1v) is 11.7. The van der Waals surface area contributed by atoms with Crippen LogP contribution in [-0.2, 0) is 14.8 Å². The van der Waals surface area contributed by atoms with Crippen LogP contribution in [0.4, 0.5) is 5.69 Å². The van der Waals surface area contributed by atoms with Crippen molar-refractivity contribution >= 4 is 38.6 Å². The summed E-state index contributed by atoms with van der Waals surface area (Å²) in [5, 5.41) is 9.86. The molecule has 2 aromatic heterocycles. The molecule has 1 aliphatic heterocycles. The van der Waals surface area contributed by atoms with Crippen LogP contribution in [0.15, 0.2) is 39.8 Å². The Hall–Kier alpha value is -3.31. The summed E-state index contributed by atoms with van der Waals surface area (Å²) in [6.45, 7) is 1.96. The van der Waals surface area contributed by atoms with E-state index in [0.717, 1.165) is 22.8 Å². The van der Waals surface area contributed by atoms with E-state index in [4.69, 9.17) is 4.52 Å². The lowest BCUT2D eigenvalue weighted by Gasteiger charge is -2.26. The fourth-order valence-corrected chi connectivity index (χ4v) is 5.23.